The maximum atomic E-state index is 13.3. The molecule has 2 aliphatic heterocycles. The summed E-state index contributed by atoms with van der Waals surface area (Å²) >= 11 is 5.97. The third-order valence-electron chi connectivity index (χ3n) is 5.04. The largest absolute Gasteiger partial charge is 0.444 e. The molecule has 0 aromatic heterocycles. The van der Waals surface area contributed by atoms with Crippen molar-refractivity contribution < 1.29 is 19.1 Å². The van der Waals surface area contributed by atoms with Gasteiger partial charge in [0.2, 0.25) is 5.91 Å². The van der Waals surface area contributed by atoms with Crippen molar-refractivity contribution in [1.82, 2.24) is 9.80 Å². The number of hydrogen-bond donors (Lipinski definition) is 0. The van der Waals surface area contributed by atoms with Gasteiger partial charge in [0.05, 0.1) is 13.2 Å². The summed E-state index contributed by atoms with van der Waals surface area (Å²) in [5, 5.41) is 0.669. The lowest BCUT2D eigenvalue weighted by Gasteiger charge is -2.40. The first-order chi connectivity index (χ1) is 13.2. The summed E-state index contributed by atoms with van der Waals surface area (Å²) in [5.74, 6) is -0.0205. The van der Waals surface area contributed by atoms with Gasteiger partial charge in [-0.1, -0.05) is 23.7 Å². The fourth-order valence-electron chi connectivity index (χ4n) is 3.67. The van der Waals surface area contributed by atoms with E-state index in [-0.39, 0.29) is 12.0 Å². The summed E-state index contributed by atoms with van der Waals surface area (Å²) in [4.78, 5) is 29.3. The number of piperidine rings is 1. The number of benzene rings is 1. The van der Waals surface area contributed by atoms with E-state index in [9.17, 15) is 9.59 Å². The van der Waals surface area contributed by atoms with Gasteiger partial charge in [-0.25, -0.2) is 4.79 Å². The zero-order valence-electron chi connectivity index (χ0n) is 16.8. The molecule has 2 heterocycles. The first kappa shape index (κ1) is 20.9. The van der Waals surface area contributed by atoms with Crippen molar-refractivity contribution in [3.8, 4) is 0 Å². The summed E-state index contributed by atoms with van der Waals surface area (Å²) in [6.07, 6.45) is 1.89. The molecule has 2 saturated heterocycles. The number of halogens is 1. The normalized spacial score (nSPS) is 23.4. The van der Waals surface area contributed by atoms with Crippen molar-refractivity contribution in [1.29, 1.82) is 0 Å². The molecule has 2 unspecified atom stereocenters. The average molecular weight is 409 g/mol. The van der Waals surface area contributed by atoms with E-state index in [2.05, 4.69) is 0 Å². The number of nitrogens with zero attached hydrogens (tertiary/aromatic N) is 2. The zero-order valence-corrected chi connectivity index (χ0v) is 17.6. The number of carbonyl (C=O) groups is 2. The summed E-state index contributed by atoms with van der Waals surface area (Å²) in [7, 11) is 0. The molecule has 2 fully saturated rings. The predicted molar refractivity (Wildman–Crippen MR) is 107 cm³/mol. The summed E-state index contributed by atoms with van der Waals surface area (Å²) in [5.41, 5.74) is 0.412. The van der Waals surface area contributed by atoms with Gasteiger partial charge in [-0.15, -0.1) is 0 Å². The molecule has 0 saturated carbocycles. The second-order valence-corrected chi connectivity index (χ2v) is 8.82. The van der Waals surface area contributed by atoms with Crippen molar-refractivity contribution in [3.63, 3.8) is 0 Å². The van der Waals surface area contributed by atoms with Gasteiger partial charge in [0, 0.05) is 18.1 Å². The van der Waals surface area contributed by atoms with Crippen molar-refractivity contribution >= 4 is 23.6 Å². The first-order valence-electron chi connectivity index (χ1n) is 9.90. The lowest BCUT2D eigenvalue weighted by atomic mass is 10.0. The van der Waals surface area contributed by atoms with Crippen molar-refractivity contribution in [3.05, 3.63) is 34.9 Å². The van der Waals surface area contributed by atoms with E-state index in [1.165, 1.54) is 0 Å². The van der Waals surface area contributed by atoms with E-state index in [4.69, 9.17) is 21.1 Å². The van der Waals surface area contributed by atoms with E-state index in [1.54, 1.807) is 4.90 Å². The number of carbonyl (C=O) groups excluding carboxylic acids is 2. The Morgan fingerprint density at radius 3 is 2.54 bits per heavy atom. The number of hydrogen-bond acceptors (Lipinski definition) is 4. The van der Waals surface area contributed by atoms with Crippen molar-refractivity contribution in [2.75, 3.05) is 26.2 Å². The molecule has 3 rings (SSSR count). The molecule has 0 N–H and O–H groups in total. The smallest absolute Gasteiger partial charge is 0.410 e. The molecular formula is C21H29ClN2O4. The zero-order chi connectivity index (χ0) is 20.3. The summed E-state index contributed by atoms with van der Waals surface area (Å²) in [6, 6.07) is 7.04. The average Bonchev–Trinajstić information content (AvgIpc) is 2.67. The minimum atomic E-state index is -0.583. The minimum absolute atomic E-state index is 0.0205. The third kappa shape index (κ3) is 5.17. The maximum absolute atomic E-state index is 13.3. The monoisotopic (exact) mass is 408 g/mol. The van der Waals surface area contributed by atoms with Crippen molar-refractivity contribution in [2.45, 2.75) is 57.8 Å². The van der Waals surface area contributed by atoms with Crippen LogP contribution in [0, 0.1) is 0 Å². The SMILES string of the molecule is CC(C)(C)OC(=O)N1CCCCC1C(=O)N1CCOC(c2ccc(Cl)cc2)C1. The van der Waals surface area contributed by atoms with E-state index in [0.717, 1.165) is 18.4 Å². The van der Waals surface area contributed by atoms with Gasteiger partial charge in [0.15, 0.2) is 0 Å². The van der Waals surface area contributed by atoms with Crippen molar-refractivity contribution in [2.24, 2.45) is 0 Å². The van der Waals surface area contributed by atoms with Gasteiger partial charge in [0.1, 0.15) is 17.7 Å². The van der Waals surface area contributed by atoms with E-state index >= 15 is 0 Å². The highest BCUT2D eigenvalue weighted by Gasteiger charge is 2.38. The quantitative estimate of drug-likeness (QED) is 0.741. The van der Waals surface area contributed by atoms with Crippen LogP contribution in [0.4, 0.5) is 4.79 Å². The van der Waals surface area contributed by atoms with Gasteiger partial charge in [-0.3, -0.25) is 9.69 Å². The van der Waals surface area contributed by atoms with Crippen LogP contribution in [-0.4, -0.2) is 59.7 Å². The van der Waals surface area contributed by atoms with Crippen LogP contribution in [0.2, 0.25) is 5.02 Å². The molecule has 2 aliphatic rings. The Labute approximate surface area is 171 Å². The highest BCUT2D eigenvalue weighted by molar-refractivity contribution is 6.30. The number of amides is 2. The number of ether oxygens (including phenoxy) is 2. The number of morpholine rings is 1. The van der Waals surface area contributed by atoms with E-state index in [0.29, 0.717) is 37.7 Å². The second kappa shape index (κ2) is 8.70. The standard InChI is InChI=1S/C21H29ClN2O4/c1-21(2,3)28-20(26)24-11-5-4-6-17(24)19(25)23-12-13-27-18(14-23)15-7-9-16(22)10-8-15/h7-10,17-18H,4-6,11-14H2,1-3H3. The molecule has 28 heavy (non-hydrogen) atoms. The number of rotatable bonds is 2. The van der Waals surface area contributed by atoms with Crippen LogP contribution in [0.5, 0.6) is 0 Å². The molecule has 0 radical (unpaired) electrons. The summed E-state index contributed by atoms with van der Waals surface area (Å²) in [6.45, 7) is 7.54. The van der Waals surface area contributed by atoms with Gasteiger partial charge < -0.3 is 14.4 Å². The lowest BCUT2D eigenvalue weighted by molar-refractivity contribution is -0.145. The molecule has 1 aromatic rings. The fourth-order valence-corrected chi connectivity index (χ4v) is 3.79. The van der Waals surface area contributed by atoms with Crippen LogP contribution < -0.4 is 0 Å². The topological polar surface area (TPSA) is 59.1 Å². The van der Waals surface area contributed by atoms with Crippen LogP contribution >= 0.6 is 11.6 Å². The van der Waals surface area contributed by atoms with Gasteiger partial charge in [-0.05, 0) is 57.7 Å². The Balaban J connectivity index is 1.69. The maximum Gasteiger partial charge on any atom is 0.410 e. The summed E-state index contributed by atoms with van der Waals surface area (Å²) < 4.78 is 11.4. The molecule has 0 aliphatic carbocycles. The van der Waals surface area contributed by atoms with Crippen LogP contribution in [0.25, 0.3) is 0 Å². The third-order valence-corrected chi connectivity index (χ3v) is 5.29. The highest BCUT2D eigenvalue weighted by Crippen LogP contribution is 2.27. The molecule has 154 valence electrons. The van der Waals surface area contributed by atoms with Gasteiger partial charge in [-0.2, -0.15) is 0 Å². The van der Waals surface area contributed by atoms with Gasteiger partial charge >= 0.3 is 6.09 Å². The molecule has 0 bridgehead atoms. The van der Waals surface area contributed by atoms with Crippen LogP contribution in [0.3, 0.4) is 0 Å². The molecule has 7 heteroatoms. The fraction of sp³-hybridized carbons (Fsp3) is 0.619. The van der Waals surface area contributed by atoms with Crippen LogP contribution in [0.1, 0.15) is 51.7 Å². The number of likely N-dealkylation sites (tertiary alicyclic amines) is 1. The Morgan fingerprint density at radius 2 is 1.86 bits per heavy atom. The van der Waals surface area contributed by atoms with E-state index < -0.39 is 17.7 Å². The highest BCUT2D eigenvalue weighted by atomic mass is 35.5. The Morgan fingerprint density at radius 1 is 1.14 bits per heavy atom. The molecule has 2 atom stereocenters. The second-order valence-electron chi connectivity index (χ2n) is 8.38. The molecule has 1 aromatic carbocycles. The van der Waals surface area contributed by atoms with Crippen LogP contribution in [0.15, 0.2) is 24.3 Å². The minimum Gasteiger partial charge on any atom is -0.444 e. The Kier molecular flexibility index (Phi) is 6.50. The predicted octanol–water partition coefficient (Wildman–Crippen LogP) is 4.03. The lowest BCUT2D eigenvalue weighted by Crippen LogP contribution is -2.56. The van der Waals surface area contributed by atoms with E-state index in [1.807, 2.05) is 49.9 Å². The Hall–Kier alpha value is -1.79. The molecular weight excluding hydrogens is 380 g/mol. The Bertz CT molecular complexity index is 701. The molecule has 2 amide bonds. The van der Waals surface area contributed by atoms with Crippen LogP contribution in [-0.2, 0) is 14.3 Å². The molecule has 0 spiro atoms. The first-order valence-corrected chi connectivity index (χ1v) is 10.3. The molecule has 6 nitrogen and oxygen atoms in total. The van der Waals surface area contributed by atoms with Gasteiger partial charge in [0.25, 0.3) is 0 Å².